The summed E-state index contributed by atoms with van der Waals surface area (Å²) in [5.74, 6) is -0.151. The normalized spacial score (nSPS) is 16.1. The highest BCUT2D eigenvalue weighted by Crippen LogP contribution is 2.24. The largest absolute Gasteiger partial charge is 0.356 e. The van der Waals surface area contributed by atoms with E-state index in [1.54, 1.807) is 12.1 Å². The van der Waals surface area contributed by atoms with Gasteiger partial charge in [-0.1, -0.05) is 11.6 Å². The molecule has 158 valence electrons. The van der Waals surface area contributed by atoms with E-state index in [0.29, 0.717) is 37.5 Å². The van der Waals surface area contributed by atoms with Crippen molar-refractivity contribution in [3.8, 4) is 0 Å². The molecule has 0 radical (unpaired) electrons. The van der Waals surface area contributed by atoms with Gasteiger partial charge in [-0.2, -0.15) is 9.40 Å². The topological polar surface area (TPSA) is 84.3 Å². The second-order valence-electron chi connectivity index (χ2n) is 7.43. The fraction of sp³-hybridized carbons (Fsp3) is 0.500. The summed E-state index contributed by atoms with van der Waals surface area (Å²) in [4.78, 5) is 12.7. The zero-order valence-electron chi connectivity index (χ0n) is 16.8. The molecule has 1 aliphatic heterocycles. The lowest BCUT2D eigenvalue weighted by molar-refractivity contribution is -0.126. The number of carbonyl (C=O) groups excluding carboxylic acids is 1. The molecule has 0 saturated carbocycles. The molecular weight excluding hydrogens is 412 g/mol. The van der Waals surface area contributed by atoms with E-state index in [1.807, 2.05) is 24.6 Å². The maximum Gasteiger partial charge on any atom is 0.243 e. The van der Waals surface area contributed by atoms with Crippen LogP contribution in [-0.2, 0) is 21.4 Å². The molecule has 0 bridgehead atoms. The van der Waals surface area contributed by atoms with Crippen LogP contribution in [0.2, 0.25) is 5.02 Å². The summed E-state index contributed by atoms with van der Waals surface area (Å²) in [7, 11) is -3.55. The minimum atomic E-state index is -3.55. The Morgan fingerprint density at radius 3 is 2.45 bits per heavy atom. The van der Waals surface area contributed by atoms with Crippen molar-refractivity contribution in [3.05, 3.63) is 46.7 Å². The van der Waals surface area contributed by atoms with Gasteiger partial charge in [0.25, 0.3) is 0 Å². The molecule has 1 saturated heterocycles. The quantitative estimate of drug-likeness (QED) is 0.673. The fourth-order valence-corrected chi connectivity index (χ4v) is 5.20. The predicted molar refractivity (Wildman–Crippen MR) is 112 cm³/mol. The van der Waals surface area contributed by atoms with E-state index in [2.05, 4.69) is 10.4 Å². The van der Waals surface area contributed by atoms with E-state index < -0.39 is 10.0 Å². The Morgan fingerprint density at radius 2 is 1.86 bits per heavy atom. The third kappa shape index (κ3) is 5.38. The average molecular weight is 439 g/mol. The molecule has 2 heterocycles. The van der Waals surface area contributed by atoms with Gasteiger partial charge >= 0.3 is 0 Å². The highest BCUT2D eigenvalue weighted by Gasteiger charge is 2.31. The highest BCUT2D eigenvalue weighted by atomic mass is 35.5. The summed E-state index contributed by atoms with van der Waals surface area (Å²) in [6, 6.07) is 8.20. The molecule has 29 heavy (non-hydrogen) atoms. The van der Waals surface area contributed by atoms with Crippen LogP contribution >= 0.6 is 11.6 Å². The first-order valence-corrected chi connectivity index (χ1v) is 11.6. The number of sulfonamides is 1. The zero-order valence-corrected chi connectivity index (χ0v) is 18.3. The van der Waals surface area contributed by atoms with Crippen molar-refractivity contribution in [1.29, 1.82) is 0 Å². The molecule has 7 nitrogen and oxygen atoms in total. The van der Waals surface area contributed by atoms with Gasteiger partial charge in [0.2, 0.25) is 15.9 Å². The number of hydrogen-bond acceptors (Lipinski definition) is 4. The Hall–Kier alpha value is -1.90. The molecular formula is C20H27ClN4O3S. The maximum atomic E-state index is 12.7. The lowest BCUT2D eigenvalue weighted by atomic mass is 9.97. The number of amides is 1. The molecule has 0 atom stereocenters. The third-order valence-electron chi connectivity index (χ3n) is 5.23. The summed E-state index contributed by atoms with van der Waals surface area (Å²) in [5.41, 5.74) is 2.11. The van der Waals surface area contributed by atoms with Crippen LogP contribution in [0.25, 0.3) is 0 Å². The number of halogens is 1. The number of carbonyl (C=O) groups is 1. The molecule has 0 unspecified atom stereocenters. The van der Waals surface area contributed by atoms with Crippen LogP contribution in [0.1, 0.15) is 30.7 Å². The molecule has 1 fully saturated rings. The standard InChI is InChI=1S/C20H27ClN4O3S/c1-15-14-16(2)25(23-15)11-3-10-22-20(26)17-8-12-24(13-9-17)29(27,28)19-6-4-18(21)5-7-19/h4-7,14,17H,3,8-13H2,1-2H3,(H,22,26). The number of piperidine rings is 1. The van der Waals surface area contributed by atoms with Crippen LogP contribution in [0.15, 0.2) is 35.2 Å². The maximum absolute atomic E-state index is 12.7. The molecule has 1 aliphatic rings. The van der Waals surface area contributed by atoms with Gasteiger partial charge in [-0.05, 0) is 63.4 Å². The van der Waals surface area contributed by atoms with Gasteiger partial charge < -0.3 is 5.32 Å². The highest BCUT2D eigenvalue weighted by molar-refractivity contribution is 7.89. The number of hydrogen-bond donors (Lipinski definition) is 1. The predicted octanol–water partition coefficient (Wildman–Crippen LogP) is 2.76. The van der Waals surface area contributed by atoms with Gasteiger partial charge in [0.1, 0.15) is 0 Å². The average Bonchev–Trinajstić information content (AvgIpc) is 3.02. The zero-order chi connectivity index (χ0) is 21.0. The molecule has 1 amide bonds. The Bertz CT molecular complexity index is 949. The van der Waals surface area contributed by atoms with E-state index >= 15 is 0 Å². The number of aryl methyl sites for hydroxylation is 3. The second-order valence-corrected chi connectivity index (χ2v) is 9.80. The molecule has 1 N–H and O–H groups in total. The van der Waals surface area contributed by atoms with Crippen LogP contribution in [0.3, 0.4) is 0 Å². The van der Waals surface area contributed by atoms with Crippen LogP contribution in [-0.4, -0.2) is 48.0 Å². The van der Waals surface area contributed by atoms with Gasteiger partial charge in [0, 0.05) is 42.8 Å². The summed E-state index contributed by atoms with van der Waals surface area (Å²) in [5, 5.41) is 7.89. The molecule has 3 rings (SSSR count). The van der Waals surface area contributed by atoms with E-state index in [1.165, 1.54) is 16.4 Å². The van der Waals surface area contributed by atoms with Gasteiger partial charge in [-0.25, -0.2) is 8.42 Å². The summed E-state index contributed by atoms with van der Waals surface area (Å²) in [6.45, 7) is 6.01. The lowest BCUT2D eigenvalue weighted by Gasteiger charge is -2.30. The monoisotopic (exact) mass is 438 g/mol. The number of benzene rings is 1. The third-order valence-corrected chi connectivity index (χ3v) is 7.39. The number of rotatable bonds is 7. The van der Waals surface area contributed by atoms with Crippen LogP contribution in [0, 0.1) is 19.8 Å². The van der Waals surface area contributed by atoms with Gasteiger partial charge in [-0.15, -0.1) is 0 Å². The molecule has 1 aromatic heterocycles. The minimum Gasteiger partial charge on any atom is -0.356 e. The Morgan fingerprint density at radius 1 is 1.21 bits per heavy atom. The van der Waals surface area contributed by atoms with Crippen molar-refractivity contribution in [2.45, 2.75) is 44.6 Å². The molecule has 0 aliphatic carbocycles. The summed E-state index contributed by atoms with van der Waals surface area (Å²) < 4.78 is 28.8. The van der Waals surface area contributed by atoms with Crippen LogP contribution < -0.4 is 5.32 Å². The van der Waals surface area contributed by atoms with Crippen molar-refractivity contribution in [2.24, 2.45) is 5.92 Å². The van der Waals surface area contributed by atoms with Crippen LogP contribution in [0.4, 0.5) is 0 Å². The Kier molecular flexibility index (Phi) is 6.97. The van der Waals surface area contributed by atoms with Gasteiger partial charge in [-0.3, -0.25) is 9.48 Å². The minimum absolute atomic E-state index is 0.00177. The van der Waals surface area contributed by atoms with Gasteiger partial charge in [0.05, 0.1) is 10.6 Å². The molecule has 9 heteroatoms. The molecule has 0 spiro atoms. The van der Waals surface area contributed by atoms with E-state index in [9.17, 15) is 13.2 Å². The first kappa shape index (κ1) is 21.8. The van der Waals surface area contributed by atoms with Gasteiger partial charge in [0.15, 0.2) is 0 Å². The van der Waals surface area contributed by atoms with Crippen LogP contribution in [0.5, 0.6) is 0 Å². The first-order chi connectivity index (χ1) is 13.8. The van der Waals surface area contributed by atoms with Crippen molar-refractivity contribution >= 4 is 27.5 Å². The molecule has 2 aromatic rings. The van der Waals surface area contributed by atoms with E-state index in [0.717, 1.165) is 24.4 Å². The van der Waals surface area contributed by atoms with Crippen molar-refractivity contribution in [1.82, 2.24) is 19.4 Å². The van der Waals surface area contributed by atoms with Crippen molar-refractivity contribution in [2.75, 3.05) is 19.6 Å². The fourth-order valence-electron chi connectivity index (χ4n) is 3.60. The Labute approximate surface area is 177 Å². The lowest BCUT2D eigenvalue weighted by Crippen LogP contribution is -2.43. The number of nitrogens with one attached hydrogen (secondary N) is 1. The number of nitrogens with zero attached hydrogens (tertiary/aromatic N) is 3. The summed E-state index contributed by atoms with van der Waals surface area (Å²) >= 11 is 5.84. The van der Waals surface area contributed by atoms with E-state index in [-0.39, 0.29) is 16.7 Å². The first-order valence-electron chi connectivity index (χ1n) is 9.82. The Balaban J connectivity index is 1.44. The second kappa shape index (κ2) is 9.28. The summed E-state index contributed by atoms with van der Waals surface area (Å²) in [6.07, 6.45) is 1.85. The smallest absolute Gasteiger partial charge is 0.243 e. The van der Waals surface area contributed by atoms with Crippen molar-refractivity contribution < 1.29 is 13.2 Å². The molecule has 1 aromatic carbocycles. The number of aromatic nitrogens is 2. The van der Waals surface area contributed by atoms with Crippen molar-refractivity contribution in [3.63, 3.8) is 0 Å². The van der Waals surface area contributed by atoms with E-state index in [4.69, 9.17) is 11.6 Å². The SMILES string of the molecule is Cc1cc(C)n(CCCNC(=O)C2CCN(S(=O)(=O)c3ccc(Cl)cc3)CC2)n1.